The van der Waals surface area contributed by atoms with Crippen LogP contribution in [0, 0.1) is 0 Å². The number of carbonyl (C=O) groups is 1. The lowest BCUT2D eigenvalue weighted by Gasteiger charge is -2.15. The van der Waals surface area contributed by atoms with Crippen LogP contribution in [0.3, 0.4) is 0 Å². The number of hydrogen-bond donors (Lipinski definition) is 1. The summed E-state index contributed by atoms with van der Waals surface area (Å²) in [6.45, 7) is 2.51. The summed E-state index contributed by atoms with van der Waals surface area (Å²) in [5.41, 5.74) is 0. The number of methoxy groups -OCH3 is 1. The van der Waals surface area contributed by atoms with Crippen LogP contribution < -0.4 is 19.5 Å². The molecule has 0 aliphatic rings. The van der Waals surface area contributed by atoms with Gasteiger partial charge < -0.3 is 19.5 Å². The van der Waals surface area contributed by atoms with Crippen molar-refractivity contribution in [2.24, 2.45) is 0 Å². The first-order valence-corrected chi connectivity index (χ1v) is 8.86. The largest absolute Gasteiger partial charge is 0.497 e. The van der Waals surface area contributed by atoms with Gasteiger partial charge in [0.05, 0.1) is 13.7 Å². The van der Waals surface area contributed by atoms with Crippen LogP contribution in [0.4, 0.5) is 0 Å². The van der Waals surface area contributed by atoms with Crippen molar-refractivity contribution in [3.05, 3.63) is 66.7 Å². The molecule has 0 saturated heterocycles. The maximum Gasteiger partial charge on any atom is 0.260 e. The molecule has 5 nitrogen and oxygen atoms in total. The Bertz CT molecular complexity index is 892. The van der Waals surface area contributed by atoms with Gasteiger partial charge in [0.2, 0.25) is 0 Å². The highest BCUT2D eigenvalue weighted by molar-refractivity contribution is 5.84. The van der Waals surface area contributed by atoms with Crippen molar-refractivity contribution in [1.29, 1.82) is 0 Å². The zero-order valence-corrected chi connectivity index (χ0v) is 15.5. The summed E-state index contributed by atoms with van der Waals surface area (Å²) < 4.78 is 16.4. The van der Waals surface area contributed by atoms with E-state index in [1.807, 2.05) is 66.7 Å². The molecule has 0 radical (unpaired) electrons. The maximum absolute atomic E-state index is 12.2. The highest BCUT2D eigenvalue weighted by Gasteiger charge is 2.14. The molecular weight excluding hydrogens is 342 g/mol. The molecule has 1 unspecified atom stereocenters. The fraction of sp³-hybridized carbons (Fsp3) is 0.227. The molecule has 1 atom stereocenters. The van der Waals surface area contributed by atoms with Crippen LogP contribution in [0.1, 0.15) is 6.92 Å². The van der Waals surface area contributed by atoms with Crippen LogP contribution in [-0.4, -0.2) is 32.3 Å². The van der Waals surface area contributed by atoms with Crippen LogP contribution in [-0.2, 0) is 4.79 Å². The van der Waals surface area contributed by atoms with Gasteiger partial charge in [-0.05, 0) is 54.1 Å². The Balaban J connectivity index is 1.44. The summed E-state index contributed by atoms with van der Waals surface area (Å²) in [5.74, 6) is 1.99. The number of rotatable bonds is 8. The zero-order chi connectivity index (χ0) is 19.1. The minimum absolute atomic E-state index is 0.179. The molecule has 0 spiro atoms. The van der Waals surface area contributed by atoms with Crippen molar-refractivity contribution < 1.29 is 19.0 Å². The van der Waals surface area contributed by atoms with Gasteiger partial charge in [-0.25, -0.2) is 0 Å². The molecule has 27 heavy (non-hydrogen) atoms. The van der Waals surface area contributed by atoms with Crippen molar-refractivity contribution in [2.45, 2.75) is 13.0 Å². The standard InChI is InChI=1S/C22H23NO4/c1-16(27-21-8-7-17-5-3-4-6-18(17)15-21)22(24)23-13-14-26-20-11-9-19(25-2)10-12-20/h3-12,15-16H,13-14H2,1-2H3,(H,23,24). The first-order chi connectivity index (χ1) is 13.2. The molecule has 0 bridgehead atoms. The highest BCUT2D eigenvalue weighted by atomic mass is 16.5. The fourth-order valence-electron chi connectivity index (χ4n) is 2.66. The first kappa shape index (κ1) is 18.6. The molecule has 0 aliphatic carbocycles. The van der Waals surface area contributed by atoms with E-state index >= 15 is 0 Å². The topological polar surface area (TPSA) is 56.8 Å². The Hall–Kier alpha value is -3.21. The number of amides is 1. The second kappa shape index (κ2) is 8.94. The van der Waals surface area contributed by atoms with E-state index in [9.17, 15) is 4.79 Å². The molecule has 0 aromatic heterocycles. The Morgan fingerprint density at radius 1 is 0.926 bits per heavy atom. The average molecular weight is 365 g/mol. The van der Waals surface area contributed by atoms with Crippen LogP contribution in [0.2, 0.25) is 0 Å². The molecule has 1 amide bonds. The van der Waals surface area contributed by atoms with E-state index in [0.717, 1.165) is 22.3 Å². The van der Waals surface area contributed by atoms with Gasteiger partial charge in [0.15, 0.2) is 6.10 Å². The van der Waals surface area contributed by atoms with E-state index in [0.29, 0.717) is 18.9 Å². The third-order valence-corrected chi connectivity index (χ3v) is 4.13. The quantitative estimate of drug-likeness (QED) is 0.617. The van der Waals surface area contributed by atoms with E-state index in [-0.39, 0.29) is 5.91 Å². The van der Waals surface area contributed by atoms with E-state index in [4.69, 9.17) is 14.2 Å². The number of benzene rings is 3. The number of hydrogen-bond acceptors (Lipinski definition) is 4. The molecular formula is C22H23NO4. The SMILES string of the molecule is COc1ccc(OCCNC(=O)C(C)Oc2ccc3ccccc3c2)cc1. The summed E-state index contributed by atoms with van der Waals surface area (Å²) in [5, 5.41) is 5.03. The second-order valence-corrected chi connectivity index (χ2v) is 6.08. The van der Waals surface area contributed by atoms with Gasteiger partial charge in [0.25, 0.3) is 5.91 Å². The number of fused-ring (bicyclic) bond motifs is 1. The zero-order valence-electron chi connectivity index (χ0n) is 15.5. The summed E-state index contributed by atoms with van der Waals surface area (Å²) >= 11 is 0. The lowest BCUT2D eigenvalue weighted by molar-refractivity contribution is -0.127. The molecule has 3 rings (SSSR count). The Labute approximate surface area is 158 Å². The van der Waals surface area contributed by atoms with Crippen molar-refractivity contribution >= 4 is 16.7 Å². The Kier molecular flexibility index (Phi) is 6.15. The molecule has 0 heterocycles. The Morgan fingerprint density at radius 3 is 2.33 bits per heavy atom. The maximum atomic E-state index is 12.2. The van der Waals surface area contributed by atoms with E-state index in [2.05, 4.69) is 5.32 Å². The van der Waals surface area contributed by atoms with Crippen LogP contribution in [0.5, 0.6) is 17.2 Å². The lowest BCUT2D eigenvalue weighted by atomic mass is 10.1. The Morgan fingerprint density at radius 2 is 1.59 bits per heavy atom. The normalized spacial score (nSPS) is 11.6. The molecule has 140 valence electrons. The first-order valence-electron chi connectivity index (χ1n) is 8.86. The number of ether oxygens (including phenoxy) is 3. The number of carbonyl (C=O) groups excluding carboxylic acids is 1. The second-order valence-electron chi connectivity index (χ2n) is 6.08. The molecule has 5 heteroatoms. The molecule has 3 aromatic carbocycles. The summed E-state index contributed by atoms with van der Waals surface area (Å²) in [7, 11) is 1.62. The summed E-state index contributed by atoms with van der Waals surface area (Å²) in [6.07, 6.45) is -0.591. The lowest BCUT2D eigenvalue weighted by Crippen LogP contribution is -2.38. The predicted octanol–water partition coefficient (Wildman–Crippen LogP) is 3.81. The monoisotopic (exact) mass is 365 g/mol. The minimum atomic E-state index is -0.591. The van der Waals surface area contributed by atoms with Crippen molar-refractivity contribution in [3.63, 3.8) is 0 Å². The molecule has 0 fully saturated rings. The molecule has 3 aromatic rings. The van der Waals surface area contributed by atoms with E-state index < -0.39 is 6.10 Å². The summed E-state index contributed by atoms with van der Waals surface area (Å²) in [6, 6.07) is 21.1. The van der Waals surface area contributed by atoms with Crippen molar-refractivity contribution in [2.75, 3.05) is 20.3 Å². The van der Waals surface area contributed by atoms with Gasteiger partial charge in [-0.3, -0.25) is 4.79 Å². The smallest absolute Gasteiger partial charge is 0.260 e. The van der Waals surface area contributed by atoms with Gasteiger partial charge in [0, 0.05) is 0 Å². The minimum Gasteiger partial charge on any atom is -0.497 e. The van der Waals surface area contributed by atoms with Crippen LogP contribution in [0.15, 0.2) is 66.7 Å². The third-order valence-electron chi connectivity index (χ3n) is 4.13. The predicted molar refractivity (Wildman–Crippen MR) is 106 cm³/mol. The van der Waals surface area contributed by atoms with E-state index in [1.165, 1.54) is 0 Å². The van der Waals surface area contributed by atoms with Gasteiger partial charge in [-0.15, -0.1) is 0 Å². The number of nitrogens with one attached hydrogen (secondary N) is 1. The fourth-order valence-corrected chi connectivity index (χ4v) is 2.66. The molecule has 0 saturated carbocycles. The van der Waals surface area contributed by atoms with Crippen LogP contribution in [0.25, 0.3) is 10.8 Å². The van der Waals surface area contributed by atoms with Crippen molar-refractivity contribution in [1.82, 2.24) is 5.32 Å². The van der Waals surface area contributed by atoms with Crippen molar-refractivity contribution in [3.8, 4) is 17.2 Å². The average Bonchev–Trinajstić information content (AvgIpc) is 2.71. The van der Waals surface area contributed by atoms with Gasteiger partial charge in [0.1, 0.15) is 23.9 Å². The third kappa shape index (κ3) is 5.14. The van der Waals surface area contributed by atoms with Crippen LogP contribution >= 0.6 is 0 Å². The highest BCUT2D eigenvalue weighted by Crippen LogP contribution is 2.21. The van der Waals surface area contributed by atoms with Gasteiger partial charge in [-0.2, -0.15) is 0 Å². The van der Waals surface area contributed by atoms with E-state index in [1.54, 1.807) is 14.0 Å². The molecule has 1 N–H and O–H groups in total. The van der Waals surface area contributed by atoms with Gasteiger partial charge in [-0.1, -0.05) is 30.3 Å². The van der Waals surface area contributed by atoms with Gasteiger partial charge >= 0.3 is 0 Å². The molecule has 0 aliphatic heterocycles. The summed E-state index contributed by atoms with van der Waals surface area (Å²) in [4.78, 5) is 12.2.